The second-order valence-corrected chi connectivity index (χ2v) is 9.77. The molecular formula is C26H32BrClN2O3. The molecule has 1 fully saturated rings. The van der Waals surface area contributed by atoms with Gasteiger partial charge in [0, 0.05) is 17.3 Å². The van der Waals surface area contributed by atoms with Crippen LogP contribution in [-0.4, -0.2) is 24.5 Å². The fourth-order valence-corrected chi connectivity index (χ4v) is 4.66. The van der Waals surface area contributed by atoms with Crippen molar-refractivity contribution < 1.29 is 14.3 Å². The Kier molecular flexibility index (Phi) is 10.1. The first-order valence-corrected chi connectivity index (χ1v) is 13.0. The van der Waals surface area contributed by atoms with Gasteiger partial charge >= 0.3 is 0 Å². The Morgan fingerprint density at radius 2 is 1.82 bits per heavy atom. The van der Waals surface area contributed by atoms with E-state index in [2.05, 4.69) is 33.5 Å². The van der Waals surface area contributed by atoms with Gasteiger partial charge in [-0.15, -0.1) is 0 Å². The highest BCUT2D eigenvalue weighted by Gasteiger charge is 2.19. The van der Waals surface area contributed by atoms with E-state index in [4.69, 9.17) is 16.3 Å². The maximum absolute atomic E-state index is 12.8. The summed E-state index contributed by atoms with van der Waals surface area (Å²) in [6.45, 7) is 2.83. The number of carbonyl (C=O) groups is 2. The van der Waals surface area contributed by atoms with Crippen molar-refractivity contribution in [3.63, 3.8) is 0 Å². The third-order valence-electron chi connectivity index (χ3n) is 5.86. The molecule has 1 aliphatic carbocycles. The van der Waals surface area contributed by atoms with Crippen LogP contribution in [0.4, 0.5) is 5.69 Å². The lowest BCUT2D eigenvalue weighted by Crippen LogP contribution is -2.36. The van der Waals surface area contributed by atoms with E-state index in [-0.39, 0.29) is 17.9 Å². The van der Waals surface area contributed by atoms with Crippen molar-refractivity contribution in [3.8, 4) is 5.75 Å². The third kappa shape index (κ3) is 7.75. The first kappa shape index (κ1) is 25.6. The van der Waals surface area contributed by atoms with Crippen LogP contribution in [0.25, 0.3) is 0 Å². The summed E-state index contributed by atoms with van der Waals surface area (Å²) in [4.78, 5) is 25.5. The minimum atomic E-state index is -0.272. The van der Waals surface area contributed by atoms with Gasteiger partial charge in [0.1, 0.15) is 5.75 Å². The van der Waals surface area contributed by atoms with Gasteiger partial charge in [-0.1, -0.05) is 57.0 Å². The van der Waals surface area contributed by atoms with E-state index >= 15 is 0 Å². The molecule has 5 nitrogen and oxygen atoms in total. The molecule has 1 saturated carbocycles. The van der Waals surface area contributed by atoms with E-state index in [1.165, 1.54) is 19.3 Å². The van der Waals surface area contributed by atoms with Crippen molar-refractivity contribution >= 4 is 45.0 Å². The highest BCUT2D eigenvalue weighted by Crippen LogP contribution is 2.27. The minimum absolute atomic E-state index is 0.185. The summed E-state index contributed by atoms with van der Waals surface area (Å²) in [5, 5.41) is 6.30. The zero-order chi connectivity index (χ0) is 23.6. The average Bonchev–Trinajstić information content (AvgIpc) is 2.81. The van der Waals surface area contributed by atoms with Crippen molar-refractivity contribution in [1.29, 1.82) is 0 Å². The number of anilines is 1. The monoisotopic (exact) mass is 534 g/mol. The van der Waals surface area contributed by atoms with Crippen LogP contribution >= 0.6 is 27.5 Å². The maximum Gasteiger partial charge on any atom is 0.255 e. The van der Waals surface area contributed by atoms with Gasteiger partial charge in [-0.2, -0.15) is 0 Å². The summed E-state index contributed by atoms with van der Waals surface area (Å²) in [5.74, 6) is 0.244. The molecule has 3 rings (SSSR count). The van der Waals surface area contributed by atoms with E-state index in [1.54, 1.807) is 36.4 Å². The van der Waals surface area contributed by atoms with Crippen molar-refractivity contribution in [3.05, 3.63) is 57.0 Å². The van der Waals surface area contributed by atoms with Crippen molar-refractivity contribution in [2.75, 3.05) is 11.9 Å². The Morgan fingerprint density at radius 1 is 1.03 bits per heavy atom. The number of nitrogens with one attached hydrogen (secondary N) is 2. The summed E-state index contributed by atoms with van der Waals surface area (Å²) in [7, 11) is 0. The van der Waals surface area contributed by atoms with Crippen LogP contribution in [0, 0.1) is 0 Å². The largest absolute Gasteiger partial charge is 0.492 e. The molecule has 0 heterocycles. The first-order chi connectivity index (χ1) is 16.0. The van der Waals surface area contributed by atoms with Crippen molar-refractivity contribution in [2.24, 2.45) is 0 Å². The van der Waals surface area contributed by atoms with Crippen LogP contribution in [0.2, 0.25) is 5.02 Å². The summed E-state index contributed by atoms with van der Waals surface area (Å²) >= 11 is 9.77. The average molecular weight is 536 g/mol. The molecule has 0 spiro atoms. The summed E-state index contributed by atoms with van der Waals surface area (Å²) in [5.41, 5.74) is 1.38. The standard InChI is InChI=1S/C26H32BrClN2O3/c1-2-3-4-8-15-33-24-14-11-18(16-22(24)27)25(31)30-20-12-13-23(28)21(17-20)26(32)29-19-9-6-5-7-10-19/h11-14,16-17,19H,2-10,15H2,1H3,(H,29,32)(H,30,31). The molecule has 178 valence electrons. The molecule has 2 aromatic carbocycles. The number of amides is 2. The second kappa shape index (κ2) is 13.0. The van der Waals surface area contributed by atoms with Gasteiger partial charge in [-0.05, 0) is 71.6 Å². The number of benzene rings is 2. The Hall–Kier alpha value is -2.05. The molecule has 2 aromatic rings. The molecule has 2 amide bonds. The van der Waals surface area contributed by atoms with Crippen LogP contribution in [0.5, 0.6) is 5.75 Å². The van der Waals surface area contributed by atoms with E-state index < -0.39 is 0 Å². The highest BCUT2D eigenvalue weighted by atomic mass is 79.9. The van der Waals surface area contributed by atoms with Gasteiger partial charge < -0.3 is 15.4 Å². The Morgan fingerprint density at radius 3 is 2.55 bits per heavy atom. The highest BCUT2D eigenvalue weighted by molar-refractivity contribution is 9.10. The number of carbonyl (C=O) groups excluding carboxylic acids is 2. The van der Waals surface area contributed by atoms with Gasteiger partial charge in [0.05, 0.1) is 21.7 Å². The number of hydrogen-bond acceptors (Lipinski definition) is 3. The lowest BCUT2D eigenvalue weighted by molar-refractivity contribution is 0.0926. The van der Waals surface area contributed by atoms with Crippen LogP contribution in [0.3, 0.4) is 0 Å². The summed E-state index contributed by atoms with van der Waals surface area (Å²) in [6, 6.07) is 10.4. The van der Waals surface area contributed by atoms with Gasteiger partial charge in [-0.3, -0.25) is 9.59 Å². The normalized spacial score (nSPS) is 14.0. The molecule has 0 aromatic heterocycles. The number of unbranched alkanes of at least 4 members (excludes halogenated alkanes) is 3. The van der Waals surface area contributed by atoms with Crippen molar-refractivity contribution in [2.45, 2.75) is 70.8 Å². The SMILES string of the molecule is CCCCCCOc1ccc(C(=O)Nc2ccc(Cl)c(C(=O)NC3CCCCC3)c2)cc1Br. The quantitative estimate of drug-likeness (QED) is 0.312. The number of hydrogen-bond donors (Lipinski definition) is 2. The molecule has 33 heavy (non-hydrogen) atoms. The summed E-state index contributed by atoms with van der Waals surface area (Å²) in [6.07, 6.45) is 10.0. The lowest BCUT2D eigenvalue weighted by atomic mass is 9.95. The molecule has 0 atom stereocenters. The molecule has 7 heteroatoms. The molecule has 0 saturated heterocycles. The molecule has 0 aliphatic heterocycles. The van der Waals surface area contributed by atoms with Crippen LogP contribution < -0.4 is 15.4 Å². The number of rotatable bonds is 10. The Labute approximate surface area is 209 Å². The van der Waals surface area contributed by atoms with Crippen molar-refractivity contribution in [1.82, 2.24) is 5.32 Å². The fraction of sp³-hybridized carbons (Fsp3) is 0.462. The van der Waals surface area contributed by atoms with E-state index in [9.17, 15) is 9.59 Å². The maximum atomic E-state index is 12.8. The van der Waals surface area contributed by atoms with E-state index in [0.717, 1.165) is 48.7 Å². The molecule has 1 aliphatic rings. The van der Waals surface area contributed by atoms with Gasteiger partial charge in [0.15, 0.2) is 0 Å². The molecule has 0 bridgehead atoms. The lowest BCUT2D eigenvalue weighted by Gasteiger charge is -2.23. The Balaban J connectivity index is 1.61. The molecule has 0 radical (unpaired) electrons. The number of halogens is 2. The summed E-state index contributed by atoms with van der Waals surface area (Å²) < 4.78 is 6.55. The van der Waals surface area contributed by atoms with Crippen LogP contribution in [-0.2, 0) is 0 Å². The predicted octanol–water partition coefficient (Wildman–Crippen LogP) is 7.38. The molecule has 2 N–H and O–H groups in total. The van der Waals surface area contributed by atoms with Gasteiger partial charge in [-0.25, -0.2) is 0 Å². The molecule has 0 unspecified atom stereocenters. The van der Waals surface area contributed by atoms with Crippen LogP contribution in [0.1, 0.15) is 85.4 Å². The fourth-order valence-electron chi connectivity index (χ4n) is 3.96. The van der Waals surface area contributed by atoms with Crippen LogP contribution in [0.15, 0.2) is 40.9 Å². The Bertz CT molecular complexity index is 961. The second-order valence-electron chi connectivity index (χ2n) is 8.51. The zero-order valence-electron chi connectivity index (χ0n) is 19.1. The van der Waals surface area contributed by atoms with E-state index in [0.29, 0.717) is 28.4 Å². The predicted molar refractivity (Wildman–Crippen MR) is 138 cm³/mol. The zero-order valence-corrected chi connectivity index (χ0v) is 21.4. The first-order valence-electron chi connectivity index (χ1n) is 11.8. The topological polar surface area (TPSA) is 67.4 Å². The van der Waals surface area contributed by atoms with E-state index in [1.807, 2.05) is 0 Å². The molecular weight excluding hydrogens is 504 g/mol. The number of ether oxygens (including phenoxy) is 1. The van der Waals surface area contributed by atoms with Gasteiger partial charge in [0.25, 0.3) is 11.8 Å². The minimum Gasteiger partial charge on any atom is -0.492 e. The third-order valence-corrected chi connectivity index (χ3v) is 6.81. The smallest absolute Gasteiger partial charge is 0.255 e. The van der Waals surface area contributed by atoms with Gasteiger partial charge in [0.2, 0.25) is 0 Å².